The number of hydrogen-bond acceptors (Lipinski definition) is 2. The van der Waals surface area contributed by atoms with Crippen molar-refractivity contribution in [3.8, 4) is 0 Å². The van der Waals surface area contributed by atoms with Crippen LogP contribution in [0.4, 0.5) is 0 Å². The van der Waals surface area contributed by atoms with Crippen LogP contribution in [0.5, 0.6) is 0 Å². The third-order valence-electron chi connectivity index (χ3n) is 1.88. The maximum absolute atomic E-state index is 10.4. The van der Waals surface area contributed by atoms with Crippen LogP contribution in [0.25, 0.3) is 0 Å². The molecule has 4 heteroatoms. The molecule has 0 spiro atoms. The molecule has 0 aliphatic carbocycles. The molecule has 0 saturated carbocycles. The van der Waals surface area contributed by atoms with Crippen LogP contribution in [0.15, 0.2) is 46.2 Å². The van der Waals surface area contributed by atoms with Crippen molar-refractivity contribution in [3.05, 3.63) is 68.5 Å². The highest BCUT2D eigenvalue weighted by molar-refractivity contribution is 5.05. The van der Waals surface area contributed by atoms with Crippen molar-refractivity contribution in [1.82, 2.24) is 9.97 Å². The van der Waals surface area contributed by atoms with E-state index in [-0.39, 0.29) is 11.1 Å². The Morgan fingerprint density at radius 3 is 1.31 bits per heavy atom. The molecule has 2 N–H and O–H groups in total. The van der Waals surface area contributed by atoms with Crippen molar-refractivity contribution in [3.63, 3.8) is 0 Å². The smallest absolute Gasteiger partial charge is 0.247 e. The quantitative estimate of drug-likeness (QED) is 0.701. The van der Waals surface area contributed by atoms with Gasteiger partial charge in [-0.25, -0.2) is 0 Å². The van der Waals surface area contributed by atoms with Gasteiger partial charge >= 0.3 is 0 Å². The lowest BCUT2D eigenvalue weighted by Crippen LogP contribution is -2.00. The minimum Gasteiger partial charge on any atom is -0.329 e. The average Bonchev–Trinajstić information content (AvgIpc) is 2.28. The molecule has 84 valence electrons. The van der Waals surface area contributed by atoms with Crippen molar-refractivity contribution < 1.29 is 0 Å². The number of H-pyrrole nitrogens is 2. The molecule has 0 aliphatic rings. The van der Waals surface area contributed by atoms with Crippen molar-refractivity contribution in [2.75, 3.05) is 0 Å². The van der Waals surface area contributed by atoms with Crippen LogP contribution >= 0.6 is 0 Å². The molecule has 0 radical (unpaired) electrons. The van der Waals surface area contributed by atoms with Gasteiger partial charge in [0.15, 0.2) is 0 Å². The molecular formula is C12H14N2O2. The Hall–Kier alpha value is -2.10. The minimum absolute atomic E-state index is 0.0457. The lowest BCUT2D eigenvalue weighted by Gasteiger charge is -1.83. The van der Waals surface area contributed by atoms with Crippen LogP contribution < -0.4 is 11.1 Å². The van der Waals surface area contributed by atoms with E-state index in [1.54, 1.807) is 24.5 Å². The molecule has 0 aliphatic heterocycles. The number of hydrogen-bond donors (Lipinski definition) is 2. The van der Waals surface area contributed by atoms with Gasteiger partial charge in [-0.1, -0.05) is 12.1 Å². The van der Waals surface area contributed by atoms with Crippen LogP contribution in [0.3, 0.4) is 0 Å². The molecule has 2 rings (SSSR count). The molecule has 0 unspecified atom stereocenters. The highest BCUT2D eigenvalue weighted by Gasteiger charge is 1.79. The van der Waals surface area contributed by atoms with Gasteiger partial charge in [0.2, 0.25) is 11.1 Å². The van der Waals surface area contributed by atoms with E-state index >= 15 is 0 Å². The molecule has 0 atom stereocenters. The van der Waals surface area contributed by atoms with Crippen molar-refractivity contribution in [1.29, 1.82) is 0 Å². The Bertz CT molecular complexity index is 463. The van der Waals surface area contributed by atoms with Crippen LogP contribution in [-0.2, 0) is 0 Å². The predicted octanol–water partition coefficient (Wildman–Crippen LogP) is 1.37. The Morgan fingerprint density at radius 1 is 0.750 bits per heavy atom. The highest BCUT2D eigenvalue weighted by atomic mass is 16.1. The first kappa shape index (κ1) is 12.0. The first-order chi connectivity index (χ1) is 7.58. The normalized spacial score (nSPS) is 9.12. The van der Waals surface area contributed by atoms with Gasteiger partial charge in [0.05, 0.1) is 0 Å². The molecule has 2 aromatic rings. The topological polar surface area (TPSA) is 65.7 Å². The predicted molar refractivity (Wildman–Crippen MR) is 63.6 cm³/mol. The first-order valence-corrected chi connectivity index (χ1v) is 4.88. The number of nitrogens with one attached hydrogen (secondary N) is 2. The number of pyridine rings is 2. The fourth-order valence-electron chi connectivity index (χ4n) is 0.977. The van der Waals surface area contributed by atoms with E-state index in [1.807, 2.05) is 13.8 Å². The number of rotatable bonds is 0. The number of aromatic amines is 2. The zero-order valence-corrected chi connectivity index (χ0v) is 9.28. The van der Waals surface area contributed by atoms with Gasteiger partial charge in [-0.2, -0.15) is 0 Å². The molecule has 0 amide bonds. The Balaban J connectivity index is 0.000000160. The third-order valence-corrected chi connectivity index (χ3v) is 1.88. The van der Waals surface area contributed by atoms with Crippen molar-refractivity contribution in [2.24, 2.45) is 0 Å². The van der Waals surface area contributed by atoms with Gasteiger partial charge in [0, 0.05) is 24.5 Å². The second-order valence-electron chi connectivity index (χ2n) is 3.46. The van der Waals surface area contributed by atoms with Crippen LogP contribution in [0.1, 0.15) is 11.1 Å². The average molecular weight is 218 g/mol. The van der Waals surface area contributed by atoms with Gasteiger partial charge in [-0.15, -0.1) is 0 Å². The second kappa shape index (κ2) is 5.70. The van der Waals surface area contributed by atoms with Crippen molar-refractivity contribution >= 4 is 0 Å². The summed E-state index contributed by atoms with van der Waals surface area (Å²) >= 11 is 0. The van der Waals surface area contributed by atoms with Crippen LogP contribution in [0, 0.1) is 13.8 Å². The number of aryl methyl sites for hydroxylation is 2. The summed E-state index contributed by atoms with van der Waals surface area (Å²) in [6, 6.07) is 6.57. The molecular weight excluding hydrogens is 204 g/mol. The summed E-state index contributed by atoms with van der Waals surface area (Å²) in [6.07, 6.45) is 3.37. The fraction of sp³-hybridized carbons (Fsp3) is 0.167. The summed E-state index contributed by atoms with van der Waals surface area (Å²) < 4.78 is 0. The summed E-state index contributed by atoms with van der Waals surface area (Å²) in [5.41, 5.74) is 2.06. The summed E-state index contributed by atoms with van der Waals surface area (Å²) in [4.78, 5) is 25.8. The zero-order chi connectivity index (χ0) is 12.0. The SMILES string of the molecule is Cc1ccc(=O)[nH]c1.Cc1ccc(=O)[nH]c1. The molecule has 16 heavy (non-hydrogen) atoms. The monoisotopic (exact) mass is 218 g/mol. The van der Waals surface area contributed by atoms with Crippen LogP contribution in [0.2, 0.25) is 0 Å². The maximum Gasteiger partial charge on any atom is 0.247 e. The van der Waals surface area contributed by atoms with E-state index in [2.05, 4.69) is 9.97 Å². The second-order valence-corrected chi connectivity index (χ2v) is 3.46. The van der Waals surface area contributed by atoms with Gasteiger partial charge in [0.1, 0.15) is 0 Å². The highest BCUT2D eigenvalue weighted by Crippen LogP contribution is 1.85. The maximum atomic E-state index is 10.4. The largest absolute Gasteiger partial charge is 0.329 e. The molecule has 4 nitrogen and oxygen atoms in total. The summed E-state index contributed by atoms with van der Waals surface area (Å²) in [5.74, 6) is 0. The van der Waals surface area contributed by atoms with Gasteiger partial charge in [-0.3, -0.25) is 9.59 Å². The van der Waals surface area contributed by atoms with Gasteiger partial charge in [0.25, 0.3) is 0 Å². The van der Waals surface area contributed by atoms with E-state index in [0.29, 0.717) is 0 Å². The minimum atomic E-state index is -0.0457. The summed E-state index contributed by atoms with van der Waals surface area (Å²) in [6.45, 7) is 3.85. The molecule has 2 aromatic heterocycles. The first-order valence-electron chi connectivity index (χ1n) is 4.88. The zero-order valence-electron chi connectivity index (χ0n) is 9.28. The van der Waals surface area contributed by atoms with E-state index in [0.717, 1.165) is 11.1 Å². The van der Waals surface area contributed by atoms with E-state index in [1.165, 1.54) is 12.1 Å². The van der Waals surface area contributed by atoms with E-state index < -0.39 is 0 Å². The molecule has 0 saturated heterocycles. The molecule has 2 heterocycles. The van der Waals surface area contributed by atoms with Gasteiger partial charge in [-0.05, 0) is 25.0 Å². The Morgan fingerprint density at radius 2 is 1.12 bits per heavy atom. The van der Waals surface area contributed by atoms with Crippen LogP contribution in [-0.4, -0.2) is 9.97 Å². The third kappa shape index (κ3) is 4.41. The lowest BCUT2D eigenvalue weighted by atomic mass is 10.3. The van der Waals surface area contributed by atoms with E-state index in [4.69, 9.17) is 0 Å². The van der Waals surface area contributed by atoms with E-state index in [9.17, 15) is 9.59 Å². The number of aromatic nitrogens is 2. The molecule has 0 aromatic carbocycles. The fourth-order valence-corrected chi connectivity index (χ4v) is 0.977. The lowest BCUT2D eigenvalue weighted by molar-refractivity contribution is 1.20. The Labute approximate surface area is 93.0 Å². The molecule has 0 bridgehead atoms. The Kier molecular flexibility index (Phi) is 4.27. The standard InChI is InChI=1S/2C6H7NO/c2*1-5-2-3-6(8)7-4-5/h2*2-4H,1H3,(H,7,8). The summed E-state index contributed by atoms with van der Waals surface area (Å²) in [7, 11) is 0. The van der Waals surface area contributed by atoms with Gasteiger partial charge < -0.3 is 9.97 Å². The molecule has 0 fully saturated rings. The summed E-state index contributed by atoms with van der Waals surface area (Å²) in [5, 5.41) is 0. The van der Waals surface area contributed by atoms with Crippen molar-refractivity contribution in [2.45, 2.75) is 13.8 Å².